The van der Waals surface area contributed by atoms with Gasteiger partial charge in [0.05, 0.1) is 17.6 Å². The second-order valence-corrected chi connectivity index (χ2v) is 9.00. The summed E-state index contributed by atoms with van der Waals surface area (Å²) in [5.74, 6) is -0.0441. The summed E-state index contributed by atoms with van der Waals surface area (Å²) in [5.41, 5.74) is 6.15. The van der Waals surface area contributed by atoms with Gasteiger partial charge in [0.25, 0.3) is 5.91 Å². The maximum atomic E-state index is 12.8. The average Bonchev–Trinajstić information content (AvgIpc) is 3.68. The number of nitrogens with one attached hydrogen (secondary N) is 3. The van der Waals surface area contributed by atoms with Crippen LogP contribution in [0.4, 0.5) is 11.4 Å². The fraction of sp³-hybridized carbons (Fsp3) is 0.185. The number of aromatic amines is 1. The van der Waals surface area contributed by atoms with Crippen molar-refractivity contribution in [2.45, 2.75) is 19.0 Å². The van der Waals surface area contributed by atoms with Crippen LogP contribution in [-0.2, 0) is 6.54 Å². The molecule has 180 valence electrons. The topological polar surface area (TPSA) is 103 Å². The first kappa shape index (κ1) is 22.0. The van der Waals surface area contributed by atoms with E-state index in [1.807, 2.05) is 48.7 Å². The normalized spacial score (nSPS) is 15.8. The number of hydrogen-bond acceptors (Lipinski definition) is 6. The minimum absolute atomic E-state index is 0.0441. The van der Waals surface area contributed by atoms with E-state index < -0.39 is 0 Å². The summed E-state index contributed by atoms with van der Waals surface area (Å²) in [7, 11) is 0. The third kappa shape index (κ3) is 4.56. The summed E-state index contributed by atoms with van der Waals surface area (Å²) < 4.78 is 1.78. The number of H-pyrrole nitrogens is 1. The number of hydrogen-bond donors (Lipinski definition) is 3. The molecule has 0 saturated carbocycles. The van der Waals surface area contributed by atoms with Crippen molar-refractivity contribution in [3.05, 3.63) is 96.6 Å². The Kier molecular flexibility index (Phi) is 5.88. The molecule has 4 heterocycles. The molecule has 9 heteroatoms. The highest BCUT2D eigenvalue weighted by atomic mass is 16.1. The predicted octanol–water partition coefficient (Wildman–Crippen LogP) is 3.87. The van der Waals surface area contributed by atoms with Crippen LogP contribution in [0.3, 0.4) is 0 Å². The molecule has 1 fully saturated rings. The van der Waals surface area contributed by atoms with Crippen LogP contribution < -0.4 is 10.6 Å². The Labute approximate surface area is 208 Å². The van der Waals surface area contributed by atoms with Gasteiger partial charge in [-0.25, -0.2) is 9.50 Å². The molecule has 1 amide bonds. The monoisotopic (exact) mass is 478 g/mol. The van der Waals surface area contributed by atoms with E-state index in [1.165, 1.54) is 11.9 Å². The van der Waals surface area contributed by atoms with Gasteiger partial charge in [-0.15, -0.1) is 0 Å². The number of rotatable bonds is 7. The van der Waals surface area contributed by atoms with E-state index in [4.69, 9.17) is 0 Å². The third-order valence-corrected chi connectivity index (χ3v) is 6.50. The van der Waals surface area contributed by atoms with Crippen LogP contribution in [0.5, 0.6) is 0 Å². The molecule has 0 aliphatic carbocycles. The predicted molar refractivity (Wildman–Crippen MR) is 138 cm³/mol. The number of anilines is 2. The van der Waals surface area contributed by atoms with Gasteiger partial charge in [-0.05, 0) is 48.4 Å². The SMILES string of the molecule is O=C(NC1CCN(Cc2ccccc2)C1)c1ccc(Nc2ccc(-c3cn[nH]c3)n3ncnc23)cc1. The molecule has 3 aromatic heterocycles. The van der Waals surface area contributed by atoms with Crippen LogP contribution in [0.15, 0.2) is 85.5 Å². The largest absolute Gasteiger partial charge is 0.352 e. The summed E-state index contributed by atoms with van der Waals surface area (Å²) in [6.45, 7) is 2.76. The molecule has 3 N–H and O–H groups in total. The van der Waals surface area contributed by atoms with Crippen molar-refractivity contribution < 1.29 is 4.79 Å². The van der Waals surface area contributed by atoms with Crippen molar-refractivity contribution in [1.82, 2.24) is 35.0 Å². The first-order valence-electron chi connectivity index (χ1n) is 12.0. The number of likely N-dealkylation sites (tertiary alicyclic amines) is 1. The molecular formula is C27H26N8O. The highest BCUT2D eigenvalue weighted by Gasteiger charge is 2.24. The van der Waals surface area contributed by atoms with E-state index >= 15 is 0 Å². The van der Waals surface area contributed by atoms with E-state index in [9.17, 15) is 4.79 Å². The number of fused-ring (bicyclic) bond motifs is 1. The molecule has 9 nitrogen and oxygen atoms in total. The zero-order valence-electron chi connectivity index (χ0n) is 19.6. The van der Waals surface area contributed by atoms with Gasteiger partial charge in [-0.2, -0.15) is 10.2 Å². The minimum Gasteiger partial charge on any atom is -0.352 e. The smallest absolute Gasteiger partial charge is 0.251 e. The molecule has 36 heavy (non-hydrogen) atoms. The molecule has 1 saturated heterocycles. The van der Waals surface area contributed by atoms with Crippen LogP contribution in [0.2, 0.25) is 0 Å². The number of aromatic nitrogens is 5. The van der Waals surface area contributed by atoms with Crippen molar-refractivity contribution in [2.24, 2.45) is 0 Å². The summed E-state index contributed by atoms with van der Waals surface area (Å²) >= 11 is 0. The number of benzene rings is 2. The number of carbonyl (C=O) groups excluding carboxylic acids is 1. The Hall–Kier alpha value is -4.50. The summed E-state index contributed by atoms with van der Waals surface area (Å²) in [5, 5.41) is 17.8. The number of pyridine rings is 1. The second kappa shape index (κ2) is 9.63. The minimum atomic E-state index is -0.0441. The number of nitrogens with zero attached hydrogens (tertiary/aromatic N) is 5. The van der Waals surface area contributed by atoms with Gasteiger partial charge in [-0.3, -0.25) is 14.8 Å². The van der Waals surface area contributed by atoms with Crippen molar-refractivity contribution in [3.8, 4) is 11.3 Å². The van der Waals surface area contributed by atoms with E-state index in [0.717, 1.165) is 48.7 Å². The fourth-order valence-electron chi connectivity index (χ4n) is 4.68. The van der Waals surface area contributed by atoms with E-state index in [1.54, 1.807) is 10.7 Å². The van der Waals surface area contributed by atoms with Gasteiger partial charge in [-0.1, -0.05) is 30.3 Å². The summed E-state index contributed by atoms with van der Waals surface area (Å²) in [4.78, 5) is 19.6. The lowest BCUT2D eigenvalue weighted by Gasteiger charge is -2.17. The molecular weight excluding hydrogens is 452 g/mol. The lowest BCUT2D eigenvalue weighted by molar-refractivity contribution is 0.0937. The van der Waals surface area contributed by atoms with E-state index in [2.05, 4.69) is 60.1 Å². The molecule has 5 aromatic rings. The quantitative estimate of drug-likeness (QED) is 0.328. The number of carbonyl (C=O) groups is 1. The molecule has 1 unspecified atom stereocenters. The zero-order chi connectivity index (χ0) is 24.3. The van der Waals surface area contributed by atoms with Crippen molar-refractivity contribution in [2.75, 3.05) is 18.4 Å². The van der Waals surface area contributed by atoms with Crippen LogP contribution >= 0.6 is 0 Å². The van der Waals surface area contributed by atoms with Crippen LogP contribution in [-0.4, -0.2) is 54.7 Å². The van der Waals surface area contributed by atoms with Gasteiger partial charge >= 0.3 is 0 Å². The highest BCUT2D eigenvalue weighted by Crippen LogP contribution is 2.26. The van der Waals surface area contributed by atoms with Gasteiger partial charge < -0.3 is 10.6 Å². The van der Waals surface area contributed by atoms with Crippen LogP contribution in [0.1, 0.15) is 22.3 Å². The van der Waals surface area contributed by atoms with Crippen molar-refractivity contribution >= 4 is 22.9 Å². The first-order valence-corrected chi connectivity index (χ1v) is 12.0. The van der Waals surface area contributed by atoms with Gasteiger partial charge in [0.2, 0.25) is 0 Å². The Bertz CT molecular complexity index is 1460. The van der Waals surface area contributed by atoms with Gasteiger partial charge in [0.1, 0.15) is 6.33 Å². The maximum absolute atomic E-state index is 12.8. The van der Waals surface area contributed by atoms with Crippen LogP contribution in [0, 0.1) is 0 Å². The highest BCUT2D eigenvalue weighted by molar-refractivity contribution is 5.95. The number of amides is 1. The molecule has 1 atom stereocenters. The lowest BCUT2D eigenvalue weighted by Crippen LogP contribution is -2.36. The average molecular weight is 479 g/mol. The molecule has 1 aliphatic heterocycles. The third-order valence-electron chi connectivity index (χ3n) is 6.50. The molecule has 0 spiro atoms. The summed E-state index contributed by atoms with van der Waals surface area (Å²) in [6.07, 6.45) is 6.06. The molecule has 6 rings (SSSR count). The fourth-order valence-corrected chi connectivity index (χ4v) is 4.68. The van der Waals surface area contributed by atoms with E-state index in [-0.39, 0.29) is 11.9 Å². The lowest BCUT2D eigenvalue weighted by atomic mass is 10.1. The molecule has 2 aromatic carbocycles. The van der Waals surface area contributed by atoms with Crippen molar-refractivity contribution in [1.29, 1.82) is 0 Å². The molecule has 0 radical (unpaired) electrons. The van der Waals surface area contributed by atoms with E-state index in [0.29, 0.717) is 11.2 Å². The Balaban J connectivity index is 1.09. The van der Waals surface area contributed by atoms with Crippen LogP contribution in [0.25, 0.3) is 16.9 Å². The maximum Gasteiger partial charge on any atom is 0.251 e. The Morgan fingerprint density at radius 2 is 1.92 bits per heavy atom. The molecule has 1 aliphatic rings. The Morgan fingerprint density at radius 1 is 1.06 bits per heavy atom. The standard InChI is InChI=1S/C27H26N8O/c36-27(33-23-12-13-34(17-23)16-19-4-2-1-3-5-19)20-6-8-22(9-7-20)32-24-10-11-25(21-14-29-30-15-21)35-26(24)28-18-31-35/h1-11,14-15,18,23,32H,12-13,16-17H2,(H,29,30)(H,33,36). The van der Waals surface area contributed by atoms with Gasteiger partial charge in [0.15, 0.2) is 5.65 Å². The second-order valence-electron chi connectivity index (χ2n) is 9.00. The molecule has 0 bridgehead atoms. The zero-order valence-corrected chi connectivity index (χ0v) is 19.6. The summed E-state index contributed by atoms with van der Waals surface area (Å²) in [6, 6.07) is 22.0. The van der Waals surface area contributed by atoms with Gasteiger partial charge in [0, 0.05) is 48.7 Å². The first-order chi connectivity index (χ1) is 17.7. The van der Waals surface area contributed by atoms with Crippen molar-refractivity contribution in [3.63, 3.8) is 0 Å². The Morgan fingerprint density at radius 3 is 2.72 bits per heavy atom.